The van der Waals surface area contributed by atoms with Gasteiger partial charge >= 0.3 is 0 Å². The van der Waals surface area contributed by atoms with Gasteiger partial charge in [0, 0.05) is 48.5 Å². The lowest BCUT2D eigenvalue weighted by Gasteiger charge is -2.34. The van der Waals surface area contributed by atoms with Gasteiger partial charge in [-0.05, 0) is 54.6 Å². The monoisotopic (exact) mass is 398 g/mol. The summed E-state index contributed by atoms with van der Waals surface area (Å²) >= 11 is 5.89. The third-order valence-corrected chi connectivity index (χ3v) is 5.13. The molecule has 0 N–H and O–H groups in total. The zero-order chi connectivity index (χ0) is 19.5. The summed E-state index contributed by atoms with van der Waals surface area (Å²) in [4.78, 5) is 16.7. The van der Waals surface area contributed by atoms with Crippen LogP contribution in [0.1, 0.15) is 10.4 Å². The average Bonchev–Trinajstić information content (AvgIpc) is 3.18. The number of piperazine rings is 1. The molecule has 144 valence electrons. The summed E-state index contributed by atoms with van der Waals surface area (Å²) in [6.07, 6.45) is 1.92. The Morgan fingerprint density at radius 3 is 2.32 bits per heavy atom. The molecule has 5 nitrogen and oxygen atoms in total. The fraction of sp³-hybridized carbons (Fsp3) is 0.238. The highest BCUT2D eigenvalue weighted by Crippen LogP contribution is 2.18. The molecule has 1 aliphatic heterocycles. The van der Waals surface area contributed by atoms with Gasteiger partial charge in [-0.3, -0.25) is 14.4 Å². The van der Waals surface area contributed by atoms with Crippen LogP contribution in [0.15, 0.2) is 60.8 Å². The van der Waals surface area contributed by atoms with Gasteiger partial charge in [0.2, 0.25) is 0 Å². The Morgan fingerprint density at radius 2 is 1.64 bits per heavy atom. The molecule has 28 heavy (non-hydrogen) atoms. The fourth-order valence-corrected chi connectivity index (χ4v) is 3.41. The molecule has 0 radical (unpaired) electrons. The van der Waals surface area contributed by atoms with E-state index in [4.69, 9.17) is 11.6 Å². The molecule has 0 saturated carbocycles. The van der Waals surface area contributed by atoms with Gasteiger partial charge in [-0.15, -0.1) is 0 Å². The minimum absolute atomic E-state index is 0.0361. The first-order valence-corrected chi connectivity index (χ1v) is 9.53. The molecular formula is C21H20ClFN4O. The molecule has 1 amide bonds. The maximum absolute atomic E-state index is 13.1. The van der Waals surface area contributed by atoms with Crippen molar-refractivity contribution in [1.82, 2.24) is 19.6 Å². The van der Waals surface area contributed by atoms with Crippen LogP contribution in [0.2, 0.25) is 5.02 Å². The highest BCUT2D eigenvalue weighted by atomic mass is 35.5. The predicted molar refractivity (Wildman–Crippen MR) is 107 cm³/mol. The maximum atomic E-state index is 13.1. The second kappa shape index (κ2) is 8.12. The summed E-state index contributed by atoms with van der Waals surface area (Å²) in [6.45, 7) is 3.57. The quantitative estimate of drug-likeness (QED) is 0.672. The molecule has 0 unspecified atom stereocenters. The first kappa shape index (κ1) is 18.7. The average molecular weight is 399 g/mol. The zero-order valence-corrected chi connectivity index (χ0v) is 16.0. The minimum Gasteiger partial charge on any atom is -0.336 e. The fourth-order valence-electron chi connectivity index (χ4n) is 3.29. The molecule has 3 aromatic rings. The van der Waals surface area contributed by atoms with Crippen molar-refractivity contribution >= 4 is 17.5 Å². The van der Waals surface area contributed by atoms with Crippen molar-refractivity contribution in [3.8, 4) is 11.3 Å². The molecule has 1 saturated heterocycles. The SMILES string of the molecule is O=C(c1ccc(Cl)cc1)N1CCN(Cn2ccc(-c3ccc(F)cc3)n2)CC1. The summed E-state index contributed by atoms with van der Waals surface area (Å²) in [6, 6.07) is 15.2. The summed E-state index contributed by atoms with van der Waals surface area (Å²) in [7, 11) is 0. The van der Waals surface area contributed by atoms with Gasteiger partial charge in [-0.25, -0.2) is 4.39 Å². The van der Waals surface area contributed by atoms with Gasteiger partial charge in [0.15, 0.2) is 0 Å². The van der Waals surface area contributed by atoms with Crippen LogP contribution in [0.25, 0.3) is 11.3 Å². The Kier molecular flexibility index (Phi) is 5.41. The number of rotatable bonds is 4. The second-order valence-corrected chi connectivity index (χ2v) is 7.24. The van der Waals surface area contributed by atoms with Crippen molar-refractivity contribution in [1.29, 1.82) is 0 Å². The number of aromatic nitrogens is 2. The molecule has 0 bridgehead atoms. The summed E-state index contributed by atoms with van der Waals surface area (Å²) in [5.74, 6) is -0.219. The lowest BCUT2D eigenvalue weighted by molar-refractivity contribution is 0.0587. The Balaban J connectivity index is 1.33. The third kappa shape index (κ3) is 4.24. The van der Waals surface area contributed by atoms with Crippen molar-refractivity contribution in [3.63, 3.8) is 0 Å². The minimum atomic E-state index is -0.255. The van der Waals surface area contributed by atoms with Gasteiger partial charge in [-0.1, -0.05) is 11.6 Å². The molecule has 2 heterocycles. The largest absolute Gasteiger partial charge is 0.336 e. The van der Waals surface area contributed by atoms with Gasteiger partial charge < -0.3 is 4.90 Å². The zero-order valence-electron chi connectivity index (χ0n) is 15.3. The molecule has 1 aromatic heterocycles. The smallest absolute Gasteiger partial charge is 0.253 e. The standard InChI is InChI=1S/C21H20ClFN4O/c22-18-5-1-17(2-6-18)21(28)26-13-11-25(12-14-26)15-27-10-9-20(24-27)16-3-7-19(23)8-4-16/h1-10H,11-15H2. The molecule has 0 spiro atoms. The molecule has 7 heteroatoms. The first-order valence-electron chi connectivity index (χ1n) is 9.15. The van der Waals surface area contributed by atoms with E-state index in [1.54, 1.807) is 36.4 Å². The molecule has 0 atom stereocenters. The van der Waals surface area contributed by atoms with E-state index < -0.39 is 0 Å². The van der Waals surface area contributed by atoms with Crippen LogP contribution in [0, 0.1) is 5.82 Å². The van der Waals surface area contributed by atoms with Crippen LogP contribution in [0.4, 0.5) is 4.39 Å². The van der Waals surface area contributed by atoms with E-state index in [9.17, 15) is 9.18 Å². The number of hydrogen-bond donors (Lipinski definition) is 0. The lowest BCUT2D eigenvalue weighted by atomic mass is 10.1. The van der Waals surface area contributed by atoms with E-state index in [1.807, 2.05) is 21.8 Å². The van der Waals surface area contributed by atoms with Crippen molar-refractivity contribution in [2.24, 2.45) is 0 Å². The lowest BCUT2D eigenvalue weighted by Crippen LogP contribution is -2.49. The highest BCUT2D eigenvalue weighted by molar-refractivity contribution is 6.30. The van der Waals surface area contributed by atoms with Crippen LogP contribution >= 0.6 is 11.6 Å². The highest BCUT2D eigenvalue weighted by Gasteiger charge is 2.22. The van der Waals surface area contributed by atoms with Crippen molar-refractivity contribution in [2.45, 2.75) is 6.67 Å². The van der Waals surface area contributed by atoms with Crippen LogP contribution in [0.5, 0.6) is 0 Å². The van der Waals surface area contributed by atoms with Gasteiger partial charge in [0.05, 0.1) is 12.4 Å². The first-order chi connectivity index (χ1) is 13.6. The molecule has 1 aliphatic rings. The topological polar surface area (TPSA) is 41.4 Å². The van der Waals surface area contributed by atoms with Gasteiger partial charge in [-0.2, -0.15) is 5.10 Å². The number of benzene rings is 2. The molecule has 0 aliphatic carbocycles. The van der Waals surface area contributed by atoms with Crippen LogP contribution in [-0.2, 0) is 6.67 Å². The summed E-state index contributed by atoms with van der Waals surface area (Å²) in [5, 5.41) is 5.20. The number of halogens is 2. The van der Waals surface area contributed by atoms with E-state index >= 15 is 0 Å². The molecule has 2 aromatic carbocycles. The normalized spacial score (nSPS) is 15.0. The Hall–Kier alpha value is -2.70. The van der Waals surface area contributed by atoms with Crippen molar-refractivity contribution < 1.29 is 9.18 Å². The van der Waals surface area contributed by atoms with E-state index in [1.165, 1.54) is 12.1 Å². The Bertz CT molecular complexity index is 947. The van der Waals surface area contributed by atoms with E-state index in [2.05, 4.69) is 10.00 Å². The van der Waals surface area contributed by atoms with Crippen LogP contribution < -0.4 is 0 Å². The predicted octanol–water partition coefficient (Wildman–Crippen LogP) is 3.76. The Morgan fingerprint density at radius 1 is 0.964 bits per heavy atom. The third-order valence-electron chi connectivity index (χ3n) is 4.88. The summed E-state index contributed by atoms with van der Waals surface area (Å²) in [5.41, 5.74) is 2.36. The summed E-state index contributed by atoms with van der Waals surface area (Å²) < 4.78 is 14.9. The number of carbonyl (C=O) groups excluding carboxylic acids is 1. The van der Waals surface area contributed by atoms with E-state index in [0.29, 0.717) is 30.3 Å². The van der Waals surface area contributed by atoms with Crippen molar-refractivity contribution in [2.75, 3.05) is 26.2 Å². The number of hydrogen-bond acceptors (Lipinski definition) is 3. The van der Waals surface area contributed by atoms with Crippen LogP contribution in [0.3, 0.4) is 0 Å². The number of carbonyl (C=O) groups is 1. The van der Waals surface area contributed by atoms with Crippen LogP contribution in [-0.4, -0.2) is 51.7 Å². The van der Waals surface area contributed by atoms with E-state index in [-0.39, 0.29) is 11.7 Å². The van der Waals surface area contributed by atoms with Gasteiger partial charge in [0.1, 0.15) is 5.82 Å². The maximum Gasteiger partial charge on any atom is 0.253 e. The number of nitrogens with zero attached hydrogens (tertiary/aromatic N) is 4. The molecule has 4 rings (SSSR count). The molecular weight excluding hydrogens is 379 g/mol. The Labute approximate surface area is 167 Å². The van der Waals surface area contributed by atoms with Crippen molar-refractivity contribution in [3.05, 3.63) is 77.2 Å². The van der Waals surface area contributed by atoms with E-state index in [0.717, 1.165) is 24.3 Å². The second-order valence-electron chi connectivity index (χ2n) is 6.81. The molecule has 1 fully saturated rings. The van der Waals surface area contributed by atoms with Gasteiger partial charge in [0.25, 0.3) is 5.91 Å². The number of amides is 1.